The van der Waals surface area contributed by atoms with Crippen LogP contribution in [0.5, 0.6) is 0 Å². The molecule has 0 radical (unpaired) electrons. The van der Waals surface area contributed by atoms with Crippen LogP contribution in [0, 0.1) is 33.5 Å². The molecule has 3 saturated carbocycles. The second-order valence-electron chi connectivity index (χ2n) is 16.4. The molecule has 0 aromatic heterocycles. The lowest BCUT2D eigenvalue weighted by molar-refractivity contribution is -0.164. The van der Waals surface area contributed by atoms with E-state index >= 15 is 4.79 Å². The molecule has 6 nitrogen and oxygen atoms in total. The predicted octanol–water partition coefficient (Wildman–Crippen LogP) is 7.77. The van der Waals surface area contributed by atoms with E-state index in [4.69, 9.17) is 9.47 Å². The molecule has 10 rings (SSSR count). The van der Waals surface area contributed by atoms with Gasteiger partial charge in [-0.2, -0.15) is 0 Å². The molecule has 5 fully saturated rings. The van der Waals surface area contributed by atoms with Crippen molar-refractivity contribution >= 4 is 11.9 Å². The number of Topliss-reactive ketones (excluding diaryl/α,β-unsaturated/α-hetero) is 1. The number of carbonyl (C=O) groups is 2. The van der Waals surface area contributed by atoms with Crippen molar-refractivity contribution < 1.29 is 24.2 Å². The van der Waals surface area contributed by atoms with Crippen molar-refractivity contribution in [1.29, 1.82) is 0 Å². The monoisotopic (exact) mass is 633 g/mol. The van der Waals surface area contributed by atoms with Gasteiger partial charge in [-0.25, -0.2) is 4.79 Å². The Morgan fingerprint density at radius 1 is 0.915 bits per heavy atom. The summed E-state index contributed by atoms with van der Waals surface area (Å²) in [7, 11) is 0. The Balaban J connectivity index is 1.17. The Bertz CT molecular complexity index is 1690. The van der Waals surface area contributed by atoms with Crippen LogP contribution in [0.15, 0.2) is 78.4 Å². The zero-order valence-electron chi connectivity index (χ0n) is 27.8. The number of amides is 1. The van der Waals surface area contributed by atoms with Gasteiger partial charge in [0.2, 0.25) is 0 Å². The number of ketones is 1. The fourth-order valence-corrected chi connectivity index (χ4v) is 12.3. The van der Waals surface area contributed by atoms with Crippen LogP contribution in [0.1, 0.15) is 82.0 Å². The van der Waals surface area contributed by atoms with E-state index in [-0.39, 0.29) is 52.2 Å². The molecule has 47 heavy (non-hydrogen) atoms. The molecule has 2 bridgehead atoms. The molecule has 2 aliphatic heterocycles. The van der Waals surface area contributed by atoms with Crippen molar-refractivity contribution in [3.63, 3.8) is 0 Å². The molecule has 2 heterocycles. The number of allylic oxidation sites excluding steroid dienone is 4. The maximum atomic E-state index is 15.3. The lowest BCUT2D eigenvalue weighted by Crippen LogP contribution is -2.67. The second kappa shape index (κ2) is 10.1. The van der Waals surface area contributed by atoms with Crippen molar-refractivity contribution in [2.24, 2.45) is 33.5 Å². The number of nitrogens with zero attached hydrogens (tertiary/aromatic N) is 1. The van der Waals surface area contributed by atoms with Crippen molar-refractivity contribution in [3.8, 4) is 11.1 Å². The highest BCUT2D eigenvalue weighted by atomic mass is 16.6. The molecule has 2 aromatic carbocycles. The number of hydrogen-bond donors (Lipinski definition) is 1. The normalized spacial score (nSPS) is 43.0. The third-order valence-electron chi connectivity index (χ3n) is 14.6. The van der Waals surface area contributed by atoms with E-state index in [9.17, 15) is 9.90 Å². The van der Waals surface area contributed by atoms with E-state index in [2.05, 4.69) is 50.3 Å². The lowest BCUT2D eigenvalue weighted by atomic mass is 9.32. The van der Waals surface area contributed by atoms with Gasteiger partial charge in [-0.05, 0) is 86.2 Å². The van der Waals surface area contributed by atoms with Gasteiger partial charge in [0.05, 0.1) is 25.3 Å². The molecule has 0 unspecified atom stereocenters. The molecule has 9 atom stereocenters. The average Bonchev–Trinajstić information content (AvgIpc) is 3.79. The van der Waals surface area contributed by atoms with Crippen LogP contribution in [-0.2, 0) is 9.47 Å². The van der Waals surface area contributed by atoms with Crippen LogP contribution in [0.4, 0.5) is 4.79 Å². The summed E-state index contributed by atoms with van der Waals surface area (Å²) in [6, 6.07) is 18.3. The first-order valence-corrected chi connectivity index (χ1v) is 18.1. The largest absolute Gasteiger partial charge is 0.440 e. The minimum atomic E-state index is -0.577. The standard InChI is InChI=1S/C41H47NO5/c1-37-17-14-28(43)23-39(37)20-21-41(32(24-39)35(44)31-13-7-6-12-30(31)27-9-4-3-5-10-27)33(37)15-18-38(2)34(41)16-19-40(38)26-42(36(45)47-40)25-29-11-8-22-46-29/h3-7,9-10,12-13,20-21,24,28-29,33-34,43H,8,11,14-19,22-23,25-26H2,1-2H3/t28-,29+,33+,34+,37+,38-,39-,40+,41+/m0/s1. The number of ether oxygens (including phenoxy) is 2. The maximum absolute atomic E-state index is 15.3. The van der Waals surface area contributed by atoms with E-state index < -0.39 is 11.0 Å². The Morgan fingerprint density at radius 2 is 1.66 bits per heavy atom. The first kappa shape index (κ1) is 29.9. The van der Waals surface area contributed by atoms with Gasteiger partial charge in [0, 0.05) is 34.0 Å². The number of hydrogen-bond acceptors (Lipinski definition) is 5. The van der Waals surface area contributed by atoms with Gasteiger partial charge in [0.25, 0.3) is 0 Å². The van der Waals surface area contributed by atoms with Crippen LogP contribution in [0.3, 0.4) is 0 Å². The highest BCUT2D eigenvalue weighted by molar-refractivity contribution is 6.14. The molecular formula is C41H47NO5. The molecule has 2 aromatic rings. The van der Waals surface area contributed by atoms with Crippen molar-refractivity contribution in [1.82, 2.24) is 4.90 Å². The van der Waals surface area contributed by atoms with E-state index in [1.54, 1.807) is 0 Å². The van der Waals surface area contributed by atoms with Gasteiger partial charge < -0.3 is 19.5 Å². The molecule has 1 amide bonds. The van der Waals surface area contributed by atoms with Gasteiger partial charge in [-0.15, -0.1) is 0 Å². The molecule has 2 saturated heterocycles. The summed E-state index contributed by atoms with van der Waals surface area (Å²) in [5.41, 5.74) is 1.90. The number of aliphatic hydroxyl groups is 1. The molecule has 1 N–H and O–H groups in total. The third-order valence-corrected chi connectivity index (χ3v) is 14.6. The molecule has 246 valence electrons. The van der Waals surface area contributed by atoms with E-state index in [0.717, 1.165) is 80.2 Å². The van der Waals surface area contributed by atoms with Crippen LogP contribution >= 0.6 is 0 Å². The first-order chi connectivity index (χ1) is 22.6. The zero-order chi connectivity index (χ0) is 32.2. The number of aliphatic hydroxyl groups excluding tert-OH is 1. The minimum Gasteiger partial charge on any atom is -0.440 e. The second-order valence-corrected chi connectivity index (χ2v) is 16.4. The molecule has 6 heteroatoms. The van der Waals surface area contributed by atoms with Crippen molar-refractivity contribution in [2.75, 3.05) is 19.7 Å². The quantitative estimate of drug-likeness (QED) is 0.269. The maximum Gasteiger partial charge on any atom is 0.410 e. The lowest BCUT2D eigenvalue weighted by Gasteiger charge is -2.71. The zero-order valence-corrected chi connectivity index (χ0v) is 27.8. The molecule has 8 aliphatic rings. The number of benzene rings is 2. The SMILES string of the molecule is C[C@]12CC[C@H]3[C@]4(C=C[C@@]5(C=C4C(=O)c4ccccc4-c4ccccc4)C[C@@H](O)CC[C@]35C)[C@@H]1CC[C@@]21CN(C[C@H]2CCCO2)C(=O)O1. The first-order valence-electron chi connectivity index (χ1n) is 18.1. The fraction of sp³-hybridized carbons (Fsp3) is 0.561. The summed E-state index contributed by atoms with van der Waals surface area (Å²) in [6.07, 6.45) is 14.8. The highest BCUT2D eigenvalue weighted by Crippen LogP contribution is 2.79. The summed E-state index contributed by atoms with van der Waals surface area (Å²) in [5.74, 6) is 0.532. The summed E-state index contributed by atoms with van der Waals surface area (Å²) < 4.78 is 12.5. The Kier molecular flexibility index (Phi) is 6.45. The van der Waals surface area contributed by atoms with Crippen LogP contribution in [0.2, 0.25) is 0 Å². The minimum absolute atomic E-state index is 0.0566. The highest BCUT2D eigenvalue weighted by Gasteiger charge is 2.76. The third kappa shape index (κ3) is 3.86. The summed E-state index contributed by atoms with van der Waals surface area (Å²) >= 11 is 0. The van der Waals surface area contributed by atoms with E-state index in [1.165, 1.54) is 0 Å². The molecule has 6 aliphatic carbocycles. The van der Waals surface area contributed by atoms with Gasteiger partial charge in [0.1, 0.15) is 5.60 Å². The molecular weight excluding hydrogens is 586 g/mol. The van der Waals surface area contributed by atoms with E-state index in [0.29, 0.717) is 19.5 Å². The smallest absolute Gasteiger partial charge is 0.410 e. The average molecular weight is 634 g/mol. The number of fused-ring (bicyclic) bond motifs is 2. The van der Waals surface area contributed by atoms with Crippen LogP contribution in [-0.4, -0.2) is 59.4 Å². The van der Waals surface area contributed by atoms with Gasteiger partial charge in [-0.3, -0.25) is 4.79 Å². The van der Waals surface area contributed by atoms with Crippen molar-refractivity contribution in [3.05, 3.63) is 84.0 Å². The Labute approximate surface area is 278 Å². The van der Waals surface area contributed by atoms with Gasteiger partial charge in [0.15, 0.2) is 5.78 Å². The van der Waals surface area contributed by atoms with Crippen LogP contribution < -0.4 is 0 Å². The topological polar surface area (TPSA) is 76.1 Å². The Hall–Kier alpha value is -3.22. The predicted molar refractivity (Wildman–Crippen MR) is 180 cm³/mol. The summed E-state index contributed by atoms with van der Waals surface area (Å²) in [5, 5.41) is 11.1. The number of carbonyl (C=O) groups excluding carboxylic acids is 2. The van der Waals surface area contributed by atoms with Crippen molar-refractivity contribution in [2.45, 2.75) is 89.4 Å². The van der Waals surface area contributed by atoms with Gasteiger partial charge >= 0.3 is 6.09 Å². The summed E-state index contributed by atoms with van der Waals surface area (Å²) in [4.78, 5) is 30.8. The Morgan fingerprint density at radius 3 is 2.47 bits per heavy atom. The van der Waals surface area contributed by atoms with E-state index in [1.807, 2.05) is 41.3 Å². The van der Waals surface area contributed by atoms with Crippen LogP contribution in [0.25, 0.3) is 11.1 Å². The summed E-state index contributed by atoms with van der Waals surface area (Å²) in [6.45, 7) is 6.78. The molecule has 3 spiro atoms. The van der Waals surface area contributed by atoms with Gasteiger partial charge in [-0.1, -0.05) is 86.7 Å². The fourth-order valence-electron chi connectivity index (χ4n) is 12.3. The number of rotatable bonds is 5.